The topological polar surface area (TPSA) is 54.3 Å². The van der Waals surface area contributed by atoms with Crippen LogP contribution in [0, 0.1) is 6.92 Å². The molecule has 0 unspecified atom stereocenters. The molecule has 4 rings (SSSR count). The van der Waals surface area contributed by atoms with Gasteiger partial charge in [0.25, 0.3) is 5.24 Å². The fraction of sp³-hybridized carbons (Fsp3) is 0.267. The van der Waals surface area contributed by atoms with Crippen molar-refractivity contribution in [2.45, 2.75) is 24.3 Å². The first-order valence-corrected chi connectivity index (χ1v) is 7.48. The third-order valence-electron chi connectivity index (χ3n) is 3.88. The molecule has 2 N–H and O–H groups in total. The molecule has 1 amide bonds. The second kappa shape index (κ2) is 4.31. The Morgan fingerprint density at radius 3 is 2.90 bits per heavy atom. The number of hydrogen-bond acceptors (Lipinski definition) is 4. The number of carbonyl (C=O) groups is 1. The maximum atomic E-state index is 11.8. The molecule has 0 bridgehead atoms. The fourth-order valence-electron chi connectivity index (χ4n) is 2.97. The van der Waals surface area contributed by atoms with Crippen LogP contribution in [0.4, 0.5) is 10.5 Å². The van der Waals surface area contributed by atoms with Crippen LogP contribution < -0.4 is 10.6 Å². The zero-order valence-corrected chi connectivity index (χ0v) is 11.7. The summed E-state index contributed by atoms with van der Waals surface area (Å²) in [5, 5.41) is 6.73. The smallest absolute Gasteiger partial charge is 0.280 e. The summed E-state index contributed by atoms with van der Waals surface area (Å²) in [6.07, 6.45) is 1.67. The second-order valence-corrected chi connectivity index (χ2v) is 6.37. The lowest BCUT2D eigenvalue weighted by Gasteiger charge is -2.34. The summed E-state index contributed by atoms with van der Waals surface area (Å²) in [7, 11) is 0. The van der Waals surface area contributed by atoms with Crippen molar-refractivity contribution in [3.05, 3.63) is 53.5 Å². The number of nitrogens with one attached hydrogen (secondary N) is 2. The predicted molar refractivity (Wildman–Crippen MR) is 78.9 cm³/mol. The average molecular weight is 286 g/mol. The number of anilines is 1. The molecule has 1 fully saturated rings. The highest BCUT2D eigenvalue weighted by Gasteiger charge is 2.45. The molecular weight excluding hydrogens is 272 g/mol. The molecular formula is C15H14N2O2S. The maximum absolute atomic E-state index is 11.8. The minimum absolute atomic E-state index is 0.00848. The highest BCUT2D eigenvalue weighted by molar-refractivity contribution is 8.14. The van der Waals surface area contributed by atoms with Crippen molar-refractivity contribution < 1.29 is 9.21 Å². The Morgan fingerprint density at radius 1 is 1.20 bits per heavy atom. The average Bonchev–Trinajstić information content (AvgIpc) is 3.06. The fourth-order valence-corrected chi connectivity index (χ4v) is 4.10. The number of benzene rings is 1. The van der Waals surface area contributed by atoms with E-state index in [9.17, 15) is 4.79 Å². The molecule has 1 saturated heterocycles. The van der Waals surface area contributed by atoms with Crippen molar-refractivity contribution in [1.29, 1.82) is 0 Å². The van der Waals surface area contributed by atoms with E-state index >= 15 is 0 Å². The van der Waals surface area contributed by atoms with Crippen LogP contribution in [0.1, 0.15) is 29.0 Å². The monoisotopic (exact) mass is 286 g/mol. The zero-order chi connectivity index (χ0) is 13.7. The van der Waals surface area contributed by atoms with Gasteiger partial charge in [0.15, 0.2) is 0 Å². The van der Waals surface area contributed by atoms with Gasteiger partial charge in [-0.2, -0.15) is 0 Å². The highest BCUT2D eigenvalue weighted by Crippen LogP contribution is 2.48. The first-order chi connectivity index (χ1) is 9.72. The van der Waals surface area contributed by atoms with Crippen molar-refractivity contribution in [2.75, 3.05) is 5.32 Å². The van der Waals surface area contributed by atoms with E-state index in [1.165, 1.54) is 17.3 Å². The molecule has 0 radical (unpaired) electrons. The third kappa shape index (κ3) is 1.73. The molecule has 4 nitrogen and oxygen atoms in total. The lowest BCUT2D eigenvalue weighted by molar-refractivity contribution is 0.259. The van der Waals surface area contributed by atoms with Crippen LogP contribution in [0.2, 0.25) is 0 Å². The van der Waals surface area contributed by atoms with Crippen LogP contribution >= 0.6 is 11.8 Å². The third-order valence-corrected chi connectivity index (χ3v) is 5.02. The summed E-state index contributed by atoms with van der Waals surface area (Å²) in [6, 6.07) is 10.2. The van der Waals surface area contributed by atoms with Crippen LogP contribution in [-0.2, 0) is 0 Å². The van der Waals surface area contributed by atoms with E-state index in [4.69, 9.17) is 4.42 Å². The number of fused-ring (bicyclic) bond motifs is 3. The summed E-state index contributed by atoms with van der Waals surface area (Å²) >= 11 is 1.35. The molecule has 0 saturated carbocycles. The highest BCUT2D eigenvalue weighted by atomic mass is 32.2. The maximum Gasteiger partial charge on any atom is 0.280 e. The molecule has 2 aliphatic heterocycles. The van der Waals surface area contributed by atoms with E-state index in [-0.39, 0.29) is 22.6 Å². The predicted octanol–water partition coefficient (Wildman–Crippen LogP) is 3.62. The number of hydrogen-bond donors (Lipinski definition) is 2. The van der Waals surface area contributed by atoms with Gasteiger partial charge in [0.2, 0.25) is 0 Å². The van der Waals surface area contributed by atoms with Gasteiger partial charge in [-0.25, -0.2) is 0 Å². The zero-order valence-electron chi connectivity index (χ0n) is 10.9. The van der Waals surface area contributed by atoms with Gasteiger partial charge in [0, 0.05) is 5.69 Å². The first kappa shape index (κ1) is 11.9. The summed E-state index contributed by atoms with van der Waals surface area (Å²) in [6.45, 7) is 2.07. The van der Waals surface area contributed by atoms with Gasteiger partial charge in [-0.1, -0.05) is 29.5 Å². The van der Waals surface area contributed by atoms with Crippen LogP contribution in [0.3, 0.4) is 0 Å². The first-order valence-electron chi connectivity index (χ1n) is 6.60. The van der Waals surface area contributed by atoms with Crippen LogP contribution in [-0.4, -0.2) is 10.5 Å². The van der Waals surface area contributed by atoms with Crippen LogP contribution in [0.5, 0.6) is 0 Å². The summed E-state index contributed by atoms with van der Waals surface area (Å²) < 4.78 is 5.54. The number of thioether (sulfide) groups is 1. The number of aryl methyl sites for hydroxylation is 1. The SMILES string of the molecule is Cc1ccc2c(c1)[C@H]1NC(=O)S[C@@H]1[C@@H](c1ccco1)N2. The minimum atomic E-state index is 0.00848. The number of carbonyl (C=O) groups excluding carboxylic acids is 1. The Morgan fingerprint density at radius 2 is 2.10 bits per heavy atom. The van der Waals surface area contributed by atoms with E-state index in [1.54, 1.807) is 6.26 Å². The van der Waals surface area contributed by atoms with Crippen molar-refractivity contribution in [1.82, 2.24) is 5.32 Å². The second-order valence-electron chi connectivity index (χ2n) is 5.22. The summed E-state index contributed by atoms with van der Waals surface area (Å²) in [5.74, 6) is 0.871. The van der Waals surface area contributed by atoms with Crippen molar-refractivity contribution in [3.63, 3.8) is 0 Å². The van der Waals surface area contributed by atoms with Crippen molar-refractivity contribution in [3.8, 4) is 0 Å². The molecule has 2 aliphatic rings. The molecule has 2 aromatic rings. The largest absolute Gasteiger partial charge is 0.467 e. The Hall–Kier alpha value is -1.88. The molecule has 1 aromatic carbocycles. The lowest BCUT2D eigenvalue weighted by atomic mass is 9.90. The number of rotatable bonds is 1. The molecule has 0 aliphatic carbocycles. The standard InChI is InChI=1S/C15H14N2O2S/c1-8-4-5-10-9(7-8)12-14(20-15(18)17-12)13(16-10)11-3-2-6-19-11/h2-7,12-14,16H,1H3,(H,17,18)/t12-,13-,14+/m1/s1. The molecule has 0 spiro atoms. The number of furan rings is 1. The molecule has 20 heavy (non-hydrogen) atoms. The minimum Gasteiger partial charge on any atom is -0.467 e. The van der Waals surface area contributed by atoms with Gasteiger partial charge < -0.3 is 15.1 Å². The van der Waals surface area contributed by atoms with Gasteiger partial charge in [-0.3, -0.25) is 4.79 Å². The quantitative estimate of drug-likeness (QED) is 0.840. The van der Waals surface area contributed by atoms with E-state index in [2.05, 4.69) is 35.8 Å². The Kier molecular flexibility index (Phi) is 2.57. The van der Waals surface area contributed by atoms with Crippen molar-refractivity contribution >= 4 is 22.7 Å². The molecule has 1 aromatic heterocycles. The van der Waals surface area contributed by atoms with E-state index in [1.807, 2.05) is 12.1 Å². The van der Waals surface area contributed by atoms with Gasteiger partial charge in [0.05, 0.1) is 23.6 Å². The summed E-state index contributed by atoms with van der Waals surface area (Å²) in [5.41, 5.74) is 3.43. The van der Waals surface area contributed by atoms with E-state index in [0.29, 0.717) is 0 Å². The van der Waals surface area contributed by atoms with Gasteiger partial charge in [-0.15, -0.1) is 0 Å². The van der Waals surface area contributed by atoms with E-state index in [0.717, 1.165) is 17.0 Å². The van der Waals surface area contributed by atoms with Crippen LogP contribution in [0.25, 0.3) is 0 Å². The summed E-state index contributed by atoms with van der Waals surface area (Å²) in [4.78, 5) is 11.8. The Labute approximate surface area is 120 Å². The van der Waals surface area contributed by atoms with Gasteiger partial charge in [-0.05, 0) is 30.7 Å². The molecule has 3 heterocycles. The lowest BCUT2D eigenvalue weighted by Crippen LogP contribution is -2.35. The van der Waals surface area contributed by atoms with E-state index < -0.39 is 0 Å². The normalized spacial score (nSPS) is 27.4. The molecule has 5 heteroatoms. The number of amides is 1. The van der Waals surface area contributed by atoms with Gasteiger partial charge >= 0.3 is 0 Å². The Balaban J connectivity index is 1.82. The van der Waals surface area contributed by atoms with Crippen molar-refractivity contribution in [2.24, 2.45) is 0 Å². The van der Waals surface area contributed by atoms with Crippen LogP contribution in [0.15, 0.2) is 41.0 Å². The van der Waals surface area contributed by atoms with Gasteiger partial charge in [0.1, 0.15) is 5.76 Å². The molecule has 102 valence electrons. The molecule has 3 atom stereocenters. The Bertz CT molecular complexity index is 669.